The standard InChI is InChI=1S/C17H19NO/c1-3-13-9-11-15(12-10-13)17(19)18-16-8-6-5-7-14(16)4-2/h5-12H,3-4H2,1-2H3,(H,18,19). The van der Waals surface area contributed by atoms with Crippen LogP contribution in [-0.4, -0.2) is 5.91 Å². The molecule has 1 amide bonds. The van der Waals surface area contributed by atoms with Gasteiger partial charge in [0.25, 0.3) is 5.91 Å². The van der Waals surface area contributed by atoms with Gasteiger partial charge in [0, 0.05) is 11.3 Å². The monoisotopic (exact) mass is 253 g/mol. The summed E-state index contributed by atoms with van der Waals surface area (Å²) < 4.78 is 0. The molecule has 0 aliphatic heterocycles. The molecule has 0 saturated heterocycles. The molecule has 0 saturated carbocycles. The third-order valence-electron chi connectivity index (χ3n) is 3.27. The first kappa shape index (κ1) is 13.3. The molecule has 0 spiro atoms. The highest BCUT2D eigenvalue weighted by molar-refractivity contribution is 6.04. The Kier molecular flexibility index (Phi) is 4.35. The maximum Gasteiger partial charge on any atom is 0.255 e. The van der Waals surface area contributed by atoms with Gasteiger partial charge in [-0.2, -0.15) is 0 Å². The smallest absolute Gasteiger partial charge is 0.255 e. The van der Waals surface area contributed by atoms with E-state index in [4.69, 9.17) is 0 Å². The summed E-state index contributed by atoms with van der Waals surface area (Å²) in [5, 5.41) is 2.98. The van der Waals surface area contributed by atoms with Crippen LogP contribution in [0.3, 0.4) is 0 Å². The summed E-state index contributed by atoms with van der Waals surface area (Å²) in [7, 11) is 0. The fourth-order valence-electron chi connectivity index (χ4n) is 2.04. The second-order valence-electron chi connectivity index (χ2n) is 4.52. The van der Waals surface area contributed by atoms with Gasteiger partial charge in [-0.3, -0.25) is 4.79 Å². The number of carbonyl (C=O) groups is 1. The summed E-state index contributed by atoms with van der Waals surface area (Å²) >= 11 is 0. The molecule has 0 aliphatic carbocycles. The molecule has 0 aliphatic rings. The normalized spacial score (nSPS) is 10.2. The van der Waals surface area contributed by atoms with Crippen LogP contribution in [0.2, 0.25) is 0 Å². The summed E-state index contributed by atoms with van der Waals surface area (Å²) in [5.74, 6) is -0.0523. The number of amides is 1. The van der Waals surface area contributed by atoms with Gasteiger partial charge in [-0.1, -0.05) is 44.2 Å². The van der Waals surface area contributed by atoms with Gasteiger partial charge in [0.05, 0.1) is 0 Å². The van der Waals surface area contributed by atoms with E-state index < -0.39 is 0 Å². The van der Waals surface area contributed by atoms with Crippen LogP contribution < -0.4 is 5.32 Å². The van der Waals surface area contributed by atoms with Gasteiger partial charge in [-0.15, -0.1) is 0 Å². The first-order valence-electron chi connectivity index (χ1n) is 6.72. The average molecular weight is 253 g/mol. The summed E-state index contributed by atoms with van der Waals surface area (Å²) in [6.45, 7) is 4.19. The Morgan fingerprint density at radius 1 is 0.947 bits per heavy atom. The third-order valence-corrected chi connectivity index (χ3v) is 3.27. The van der Waals surface area contributed by atoms with E-state index in [0.717, 1.165) is 24.1 Å². The number of hydrogen-bond acceptors (Lipinski definition) is 1. The van der Waals surface area contributed by atoms with Crippen molar-refractivity contribution >= 4 is 11.6 Å². The SMILES string of the molecule is CCc1ccc(C(=O)Nc2ccccc2CC)cc1. The molecule has 2 aromatic carbocycles. The minimum absolute atomic E-state index is 0.0523. The molecule has 0 radical (unpaired) electrons. The lowest BCUT2D eigenvalue weighted by Crippen LogP contribution is -2.13. The second kappa shape index (κ2) is 6.19. The van der Waals surface area contributed by atoms with E-state index in [1.54, 1.807) is 0 Å². The number of rotatable bonds is 4. The van der Waals surface area contributed by atoms with Crippen molar-refractivity contribution in [1.82, 2.24) is 0 Å². The largest absolute Gasteiger partial charge is 0.322 e. The molecule has 2 rings (SSSR count). The van der Waals surface area contributed by atoms with E-state index in [0.29, 0.717) is 5.56 Å². The third kappa shape index (κ3) is 3.22. The Morgan fingerprint density at radius 2 is 1.63 bits per heavy atom. The Balaban J connectivity index is 2.16. The van der Waals surface area contributed by atoms with E-state index >= 15 is 0 Å². The minimum atomic E-state index is -0.0523. The van der Waals surface area contributed by atoms with Crippen molar-refractivity contribution in [2.45, 2.75) is 26.7 Å². The molecule has 0 aromatic heterocycles. The number of aryl methyl sites for hydroxylation is 2. The molecular weight excluding hydrogens is 234 g/mol. The van der Waals surface area contributed by atoms with E-state index in [1.807, 2.05) is 48.5 Å². The quantitative estimate of drug-likeness (QED) is 0.874. The van der Waals surface area contributed by atoms with Gasteiger partial charge in [-0.05, 0) is 42.2 Å². The van der Waals surface area contributed by atoms with Crippen molar-refractivity contribution in [1.29, 1.82) is 0 Å². The summed E-state index contributed by atoms with van der Waals surface area (Å²) in [4.78, 5) is 12.2. The molecule has 0 unspecified atom stereocenters. The van der Waals surface area contributed by atoms with E-state index in [-0.39, 0.29) is 5.91 Å². The van der Waals surface area contributed by atoms with E-state index in [2.05, 4.69) is 19.2 Å². The number of carbonyl (C=O) groups excluding carboxylic acids is 1. The number of anilines is 1. The Morgan fingerprint density at radius 3 is 2.26 bits per heavy atom. The van der Waals surface area contributed by atoms with E-state index in [9.17, 15) is 4.79 Å². The first-order chi connectivity index (χ1) is 9.24. The van der Waals surface area contributed by atoms with Crippen molar-refractivity contribution in [3.05, 3.63) is 65.2 Å². The molecule has 0 fully saturated rings. The van der Waals surface area contributed by atoms with Gasteiger partial charge >= 0.3 is 0 Å². The lowest BCUT2D eigenvalue weighted by atomic mass is 10.1. The topological polar surface area (TPSA) is 29.1 Å². The Bertz CT molecular complexity index is 558. The zero-order valence-electron chi connectivity index (χ0n) is 11.4. The van der Waals surface area contributed by atoms with Crippen molar-refractivity contribution in [2.24, 2.45) is 0 Å². The molecule has 2 aromatic rings. The van der Waals surface area contributed by atoms with Crippen molar-refractivity contribution in [2.75, 3.05) is 5.32 Å². The zero-order valence-corrected chi connectivity index (χ0v) is 11.4. The predicted molar refractivity (Wildman–Crippen MR) is 79.6 cm³/mol. The van der Waals surface area contributed by atoms with Gasteiger partial charge < -0.3 is 5.32 Å². The lowest BCUT2D eigenvalue weighted by Gasteiger charge is -2.09. The maximum absolute atomic E-state index is 12.2. The molecule has 2 heteroatoms. The minimum Gasteiger partial charge on any atom is -0.322 e. The molecule has 98 valence electrons. The summed E-state index contributed by atoms with van der Waals surface area (Å²) in [6.07, 6.45) is 1.89. The predicted octanol–water partition coefficient (Wildman–Crippen LogP) is 4.06. The molecule has 0 bridgehead atoms. The van der Waals surface area contributed by atoms with Crippen LogP contribution in [0.5, 0.6) is 0 Å². The summed E-state index contributed by atoms with van der Waals surface area (Å²) in [5.41, 5.74) is 3.99. The number of nitrogens with one attached hydrogen (secondary N) is 1. The highest BCUT2D eigenvalue weighted by Crippen LogP contribution is 2.16. The van der Waals surface area contributed by atoms with Crippen molar-refractivity contribution < 1.29 is 4.79 Å². The van der Waals surface area contributed by atoms with Crippen LogP contribution in [0.1, 0.15) is 35.3 Å². The maximum atomic E-state index is 12.2. The van der Waals surface area contributed by atoms with Crippen LogP contribution in [0.15, 0.2) is 48.5 Å². The number of benzene rings is 2. The van der Waals surface area contributed by atoms with Crippen LogP contribution in [0.4, 0.5) is 5.69 Å². The van der Waals surface area contributed by atoms with E-state index in [1.165, 1.54) is 5.56 Å². The fraction of sp³-hybridized carbons (Fsp3) is 0.235. The highest BCUT2D eigenvalue weighted by Gasteiger charge is 2.07. The molecule has 0 heterocycles. The Hall–Kier alpha value is -2.09. The van der Waals surface area contributed by atoms with Crippen LogP contribution >= 0.6 is 0 Å². The highest BCUT2D eigenvalue weighted by atomic mass is 16.1. The molecule has 19 heavy (non-hydrogen) atoms. The lowest BCUT2D eigenvalue weighted by molar-refractivity contribution is 0.102. The number of hydrogen-bond donors (Lipinski definition) is 1. The fourth-order valence-corrected chi connectivity index (χ4v) is 2.04. The molecule has 1 N–H and O–H groups in total. The number of para-hydroxylation sites is 1. The first-order valence-corrected chi connectivity index (χ1v) is 6.72. The van der Waals surface area contributed by atoms with Crippen LogP contribution in [0, 0.1) is 0 Å². The van der Waals surface area contributed by atoms with Gasteiger partial charge in [-0.25, -0.2) is 0 Å². The van der Waals surface area contributed by atoms with Crippen molar-refractivity contribution in [3.8, 4) is 0 Å². The second-order valence-corrected chi connectivity index (χ2v) is 4.52. The van der Waals surface area contributed by atoms with Gasteiger partial charge in [0.2, 0.25) is 0 Å². The molecule has 0 atom stereocenters. The molecule has 2 nitrogen and oxygen atoms in total. The average Bonchev–Trinajstić information content (AvgIpc) is 2.48. The van der Waals surface area contributed by atoms with Crippen LogP contribution in [0.25, 0.3) is 0 Å². The van der Waals surface area contributed by atoms with Crippen LogP contribution in [-0.2, 0) is 12.8 Å². The Labute approximate surface area is 114 Å². The van der Waals surface area contributed by atoms with Crippen molar-refractivity contribution in [3.63, 3.8) is 0 Å². The van der Waals surface area contributed by atoms with Gasteiger partial charge in [0.15, 0.2) is 0 Å². The molecular formula is C17H19NO. The van der Waals surface area contributed by atoms with Gasteiger partial charge in [0.1, 0.15) is 0 Å². The summed E-state index contributed by atoms with van der Waals surface area (Å²) in [6, 6.07) is 15.7. The zero-order chi connectivity index (χ0) is 13.7.